The molecule has 0 saturated heterocycles. The molecule has 0 heterocycles. The van der Waals surface area contributed by atoms with E-state index >= 15 is 0 Å². The molecule has 0 N–H and O–H groups in total. The van der Waals surface area contributed by atoms with Crippen molar-refractivity contribution in [2.24, 2.45) is 0 Å². The Morgan fingerprint density at radius 3 is 2.67 bits per heavy atom. The van der Waals surface area contributed by atoms with Crippen molar-refractivity contribution in [3.05, 3.63) is 23.8 Å². The number of hydrogen-bond acceptors (Lipinski definition) is 2. The van der Waals surface area contributed by atoms with E-state index in [1.54, 1.807) is 12.1 Å². The van der Waals surface area contributed by atoms with Gasteiger partial charge in [-0.2, -0.15) is 0 Å². The van der Waals surface area contributed by atoms with Crippen molar-refractivity contribution in [2.75, 3.05) is 13.7 Å². The third-order valence-electron chi connectivity index (χ3n) is 1.70. The van der Waals surface area contributed by atoms with Gasteiger partial charge < -0.3 is 9.47 Å². The normalized spacial score (nSPS) is 9.80. The van der Waals surface area contributed by atoms with E-state index in [0.29, 0.717) is 11.3 Å². The third-order valence-corrected chi connectivity index (χ3v) is 1.70. The van der Waals surface area contributed by atoms with Crippen molar-refractivity contribution in [3.63, 3.8) is 0 Å². The Hall–Kier alpha value is -1.76. The lowest BCUT2D eigenvalue weighted by Gasteiger charge is -2.10. The number of hydrogen-bond donors (Lipinski definition) is 0. The number of methoxy groups -OCH3 is 1. The number of rotatable bonds is 4. The van der Waals surface area contributed by atoms with Crippen LogP contribution in [0.25, 0.3) is 0 Å². The Kier molecular flexibility index (Phi) is 3.92. The molecule has 2 nitrogen and oxygen atoms in total. The topological polar surface area (TPSA) is 18.5 Å². The standard InChI is InChI=1S/C11H10F2O2/c1-3-8-4-5-9(10(6-8)14-2)15-7-11(12)13/h1,4-6,11H,7H2,2H3. The summed E-state index contributed by atoms with van der Waals surface area (Å²) in [5.74, 6) is 3.02. The lowest BCUT2D eigenvalue weighted by molar-refractivity contribution is 0.0804. The minimum absolute atomic E-state index is 0.261. The molecule has 1 aromatic carbocycles. The minimum atomic E-state index is -2.51. The fourth-order valence-electron chi connectivity index (χ4n) is 1.03. The zero-order valence-electron chi connectivity index (χ0n) is 8.17. The second kappa shape index (κ2) is 5.20. The molecule has 4 heteroatoms. The van der Waals surface area contributed by atoms with Crippen molar-refractivity contribution in [2.45, 2.75) is 6.43 Å². The highest BCUT2D eigenvalue weighted by molar-refractivity contribution is 5.47. The fraction of sp³-hybridized carbons (Fsp3) is 0.273. The van der Waals surface area contributed by atoms with Crippen LogP contribution in [0.1, 0.15) is 5.56 Å². The second-order valence-corrected chi connectivity index (χ2v) is 2.71. The van der Waals surface area contributed by atoms with E-state index < -0.39 is 13.0 Å². The molecule has 1 rings (SSSR count). The van der Waals surface area contributed by atoms with Gasteiger partial charge in [-0.05, 0) is 18.2 Å². The molecule has 0 unspecified atom stereocenters. The van der Waals surface area contributed by atoms with E-state index in [9.17, 15) is 8.78 Å². The van der Waals surface area contributed by atoms with Crippen LogP contribution in [0.2, 0.25) is 0 Å². The first-order valence-electron chi connectivity index (χ1n) is 4.23. The van der Waals surface area contributed by atoms with E-state index in [-0.39, 0.29) is 5.75 Å². The van der Waals surface area contributed by atoms with Gasteiger partial charge in [-0.3, -0.25) is 0 Å². The van der Waals surface area contributed by atoms with Gasteiger partial charge in [0.2, 0.25) is 0 Å². The summed E-state index contributed by atoms with van der Waals surface area (Å²) in [5, 5.41) is 0. The average molecular weight is 212 g/mol. The molecule has 0 radical (unpaired) electrons. The number of halogens is 2. The zero-order valence-corrected chi connectivity index (χ0v) is 8.17. The molecule has 0 bridgehead atoms. The summed E-state index contributed by atoms with van der Waals surface area (Å²) in [4.78, 5) is 0. The van der Waals surface area contributed by atoms with Crippen LogP contribution >= 0.6 is 0 Å². The number of alkyl halides is 2. The summed E-state index contributed by atoms with van der Waals surface area (Å²) in [7, 11) is 1.42. The summed E-state index contributed by atoms with van der Waals surface area (Å²) in [6.07, 6.45) is 2.67. The Morgan fingerprint density at radius 2 is 2.13 bits per heavy atom. The number of ether oxygens (including phenoxy) is 2. The molecule has 0 atom stereocenters. The molecule has 0 spiro atoms. The molecule has 0 aliphatic carbocycles. The van der Waals surface area contributed by atoms with Crippen molar-refractivity contribution < 1.29 is 18.3 Å². The highest BCUT2D eigenvalue weighted by Gasteiger charge is 2.08. The SMILES string of the molecule is C#Cc1ccc(OCC(F)F)c(OC)c1. The summed E-state index contributed by atoms with van der Waals surface area (Å²) < 4.78 is 33.6. The number of benzene rings is 1. The molecular formula is C11H10F2O2. The maximum atomic E-state index is 11.9. The highest BCUT2D eigenvalue weighted by Crippen LogP contribution is 2.27. The van der Waals surface area contributed by atoms with Crippen molar-refractivity contribution in [1.29, 1.82) is 0 Å². The summed E-state index contributed by atoms with van der Waals surface area (Å²) in [6, 6.07) is 4.67. The Balaban J connectivity index is 2.84. The molecule has 0 fully saturated rings. The van der Waals surface area contributed by atoms with E-state index in [1.165, 1.54) is 13.2 Å². The molecule has 15 heavy (non-hydrogen) atoms. The Morgan fingerprint density at radius 1 is 1.40 bits per heavy atom. The fourth-order valence-corrected chi connectivity index (χ4v) is 1.03. The first-order valence-corrected chi connectivity index (χ1v) is 4.23. The minimum Gasteiger partial charge on any atom is -0.493 e. The van der Waals surface area contributed by atoms with Gasteiger partial charge >= 0.3 is 0 Å². The predicted molar refractivity (Wildman–Crippen MR) is 52.4 cm³/mol. The van der Waals surface area contributed by atoms with Crippen LogP contribution in [0.5, 0.6) is 11.5 Å². The van der Waals surface area contributed by atoms with E-state index in [0.717, 1.165) is 0 Å². The summed E-state index contributed by atoms with van der Waals surface area (Å²) in [5.41, 5.74) is 0.608. The smallest absolute Gasteiger partial charge is 0.272 e. The summed E-state index contributed by atoms with van der Waals surface area (Å²) in [6.45, 7) is -0.661. The van der Waals surface area contributed by atoms with E-state index in [2.05, 4.69) is 5.92 Å². The van der Waals surface area contributed by atoms with Crippen LogP contribution < -0.4 is 9.47 Å². The first-order chi connectivity index (χ1) is 7.17. The quantitative estimate of drug-likeness (QED) is 0.713. The van der Waals surface area contributed by atoms with Crippen LogP contribution in [-0.4, -0.2) is 20.1 Å². The molecule has 0 amide bonds. The van der Waals surface area contributed by atoms with Gasteiger partial charge in [0, 0.05) is 5.56 Å². The van der Waals surface area contributed by atoms with Crippen molar-refractivity contribution in [1.82, 2.24) is 0 Å². The van der Waals surface area contributed by atoms with Crippen molar-refractivity contribution >= 4 is 0 Å². The molecule has 0 aliphatic heterocycles. The lowest BCUT2D eigenvalue weighted by Crippen LogP contribution is -2.07. The molecule has 0 aromatic heterocycles. The van der Waals surface area contributed by atoms with Gasteiger partial charge in [0.1, 0.15) is 6.61 Å². The zero-order chi connectivity index (χ0) is 11.3. The second-order valence-electron chi connectivity index (χ2n) is 2.71. The van der Waals surface area contributed by atoms with Crippen LogP contribution in [0, 0.1) is 12.3 Å². The van der Waals surface area contributed by atoms with E-state index in [4.69, 9.17) is 15.9 Å². The van der Waals surface area contributed by atoms with Gasteiger partial charge in [-0.25, -0.2) is 8.78 Å². The van der Waals surface area contributed by atoms with Crippen molar-refractivity contribution in [3.8, 4) is 23.8 Å². The van der Waals surface area contributed by atoms with Crippen LogP contribution in [0.3, 0.4) is 0 Å². The monoisotopic (exact) mass is 212 g/mol. The highest BCUT2D eigenvalue weighted by atomic mass is 19.3. The maximum Gasteiger partial charge on any atom is 0.272 e. The molecule has 80 valence electrons. The third kappa shape index (κ3) is 3.13. The molecule has 1 aromatic rings. The van der Waals surface area contributed by atoms with Crippen LogP contribution in [0.15, 0.2) is 18.2 Å². The average Bonchev–Trinajstić information content (AvgIpc) is 2.25. The predicted octanol–water partition coefficient (Wildman–Crippen LogP) is 2.32. The Bertz CT molecular complexity index is 369. The maximum absolute atomic E-state index is 11.9. The van der Waals surface area contributed by atoms with Crippen LogP contribution in [-0.2, 0) is 0 Å². The molecular weight excluding hydrogens is 202 g/mol. The number of terminal acetylenes is 1. The first kappa shape index (κ1) is 11.3. The largest absolute Gasteiger partial charge is 0.493 e. The lowest BCUT2D eigenvalue weighted by atomic mass is 10.2. The van der Waals surface area contributed by atoms with Gasteiger partial charge in [-0.15, -0.1) is 6.42 Å². The van der Waals surface area contributed by atoms with Gasteiger partial charge in [0.05, 0.1) is 7.11 Å². The van der Waals surface area contributed by atoms with Gasteiger partial charge in [0.25, 0.3) is 6.43 Å². The van der Waals surface area contributed by atoms with Gasteiger partial charge in [0.15, 0.2) is 11.5 Å². The Labute approximate surface area is 86.8 Å². The molecule has 0 aliphatic rings. The summed E-state index contributed by atoms with van der Waals surface area (Å²) >= 11 is 0. The molecule has 0 saturated carbocycles. The van der Waals surface area contributed by atoms with Gasteiger partial charge in [-0.1, -0.05) is 5.92 Å². The van der Waals surface area contributed by atoms with E-state index in [1.807, 2.05) is 0 Å². The van der Waals surface area contributed by atoms with Crippen LogP contribution in [0.4, 0.5) is 8.78 Å².